The largest absolute Gasteiger partial charge is 0.304 e. The third-order valence-electron chi connectivity index (χ3n) is 0.644. The zero-order valence-electron chi connectivity index (χ0n) is 6.08. The van der Waals surface area contributed by atoms with Crippen LogP contribution in [0.5, 0.6) is 0 Å². The fourth-order valence-corrected chi connectivity index (χ4v) is 0.285. The molecular weight excluding hydrogens is 132 g/mol. The number of carbonyl (C=O) groups is 3. The maximum Gasteiger partial charge on any atom is 0.120 e. The molecule has 0 heterocycles. The van der Waals surface area contributed by atoms with Crippen molar-refractivity contribution in [2.75, 3.05) is 0 Å². The van der Waals surface area contributed by atoms with E-state index in [1.807, 2.05) is 0 Å². The molecule has 58 valence electrons. The van der Waals surface area contributed by atoms with Gasteiger partial charge in [-0.3, -0.25) is 0 Å². The third kappa shape index (κ3) is 27.9. The van der Waals surface area contributed by atoms with Gasteiger partial charge < -0.3 is 14.4 Å². The number of carbonyl (C=O) groups excluding carboxylic acids is 3. The number of unbranched alkanes of at least 4 members (excludes halogenated alkanes) is 2. The van der Waals surface area contributed by atoms with Gasteiger partial charge in [0, 0.05) is 12.8 Å². The molecule has 0 bridgehead atoms. The molecule has 0 rings (SSSR count). The molecule has 0 amide bonds. The van der Waals surface area contributed by atoms with Gasteiger partial charge in [0.2, 0.25) is 0 Å². The molecule has 0 aromatic heterocycles. The van der Waals surface area contributed by atoms with Crippen molar-refractivity contribution in [1.29, 1.82) is 0 Å². The van der Waals surface area contributed by atoms with Crippen molar-refractivity contribution < 1.29 is 14.4 Å². The maximum atomic E-state index is 9.56. The lowest BCUT2D eigenvalue weighted by Gasteiger charge is -1.78. The molecule has 0 unspecified atom stereocenters. The van der Waals surface area contributed by atoms with Crippen molar-refractivity contribution in [3.8, 4) is 0 Å². The summed E-state index contributed by atoms with van der Waals surface area (Å²) in [7, 11) is 0. The Labute approximate surface area is 60.4 Å². The molecule has 10 heavy (non-hydrogen) atoms. The highest BCUT2D eigenvalue weighted by molar-refractivity contribution is 5.52. The molecular formula is C7H12O3. The van der Waals surface area contributed by atoms with Crippen molar-refractivity contribution in [3.05, 3.63) is 0 Å². The summed E-state index contributed by atoms with van der Waals surface area (Å²) in [6.07, 6.45) is 4.12. The first-order chi connectivity index (χ1) is 4.83. The molecule has 0 saturated carbocycles. The molecule has 0 radical (unpaired) electrons. The van der Waals surface area contributed by atoms with E-state index in [0.29, 0.717) is 19.3 Å². The summed E-state index contributed by atoms with van der Waals surface area (Å²) in [6.45, 7) is 1.44. The van der Waals surface area contributed by atoms with Crippen LogP contribution in [0.2, 0.25) is 0 Å². The van der Waals surface area contributed by atoms with Crippen molar-refractivity contribution in [2.24, 2.45) is 0 Å². The Morgan fingerprint density at radius 2 is 1.30 bits per heavy atom. The first kappa shape index (κ1) is 11.8. The molecule has 0 fully saturated rings. The van der Waals surface area contributed by atoms with Crippen molar-refractivity contribution in [2.45, 2.75) is 26.2 Å². The van der Waals surface area contributed by atoms with Gasteiger partial charge in [-0.25, -0.2) is 0 Å². The number of hydrogen-bond donors (Lipinski definition) is 0. The Morgan fingerprint density at radius 1 is 1.00 bits per heavy atom. The van der Waals surface area contributed by atoms with Gasteiger partial charge in [-0.1, -0.05) is 0 Å². The van der Waals surface area contributed by atoms with E-state index in [4.69, 9.17) is 4.79 Å². The Kier molecular flexibility index (Phi) is 18.4. The second kappa shape index (κ2) is 15.7. The fraction of sp³-hybridized carbons (Fsp3) is 0.571. The van der Waals surface area contributed by atoms with Crippen LogP contribution in [-0.2, 0) is 14.4 Å². The van der Waals surface area contributed by atoms with Crippen LogP contribution in [0.4, 0.5) is 0 Å². The average molecular weight is 144 g/mol. The molecule has 0 aliphatic carbocycles. The summed E-state index contributed by atoms with van der Waals surface area (Å²) in [6, 6.07) is 0. The van der Waals surface area contributed by atoms with Gasteiger partial charge in [0.25, 0.3) is 0 Å². The molecule has 0 spiro atoms. The lowest BCUT2D eigenvalue weighted by molar-refractivity contribution is -0.109. The van der Waals surface area contributed by atoms with E-state index in [0.717, 1.165) is 18.9 Å². The van der Waals surface area contributed by atoms with Crippen LogP contribution in [0, 0.1) is 0 Å². The van der Waals surface area contributed by atoms with E-state index in [9.17, 15) is 9.59 Å². The van der Waals surface area contributed by atoms with Crippen LogP contribution < -0.4 is 0 Å². The molecule has 0 N–H and O–H groups in total. The number of rotatable bonds is 4. The fourth-order valence-electron chi connectivity index (χ4n) is 0.285. The lowest BCUT2D eigenvalue weighted by atomic mass is 10.3. The molecule has 0 aromatic rings. The van der Waals surface area contributed by atoms with Crippen molar-refractivity contribution in [3.63, 3.8) is 0 Å². The summed E-state index contributed by atoms with van der Waals surface area (Å²) in [5.74, 6) is 0. The van der Waals surface area contributed by atoms with E-state index < -0.39 is 0 Å². The number of aldehydes is 3. The van der Waals surface area contributed by atoms with Crippen LogP contribution in [0.15, 0.2) is 0 Å². The molecule has 0 aliphatic rings. The highest BCUT2D eigenvalue weighted by atomic mass is 16.1. The molecule has 3 heteroatoms. The zero-order valence-corrected chi connectivity index (χ0v) is 6.08. The van der Waals surface area contributed by atoms with E-state index in [2.05, 4.69) is 0 Å². The SMILES string of the molecule is CC=O.O=CCCCC=O. The van der Waals surface area contributed by atoms with Crippen molar-refractivity contribution in [1.82, 2.24) is 0 Å². The van der Waals surface area contributed by atoms with Gasteiger partial charge in [0.05, 0.1) is 0 Å². The quantitative estimate of drug-likeness (QED) is 0.432. The molecule has 0 aliphatic heterocycles. The second-order valence-electron chi connectivity index (χ2n) is 1.50. The highest BCUT2D eigenvalue weighted by Crippen LogP contribution is 1.85. The average Bonchev–Trinajstić information content (AvgIpc) is 1.91. The minimum Gasteiger partial charge on any atom is -0.304 e. The Hall–Kier alpha value is -0.990. The van der Waals surface area contributed by atoms with Crippen LogP contribution in [0.25, 0.3) is 0 Å². The van der Waals surface area contributed by atoms with Gasteiger partial charge in [-0.15, -0.1) is 0 Å². The van der Waals surface area contributed by atoms with Gasteiger partial charge in [-0.05, 0) is 13.3 Å². The van der Waals surface area contributed by atoms with Gasteiger partial charge in [0.1, 0.15) is 18.9 Å². The first-order valence-corrected chi connectivity index (χ1v) is 3.10. The smallest absolute Gasteiger partial charge is 0.120 e. The van der Waals surface area contributed by atoms with Crippen LogP contribution in [-0.4, -0.2) is 18.9 Å². The third-order valence-corrected chi connectivity index (χ3v) is 0.644. The first-order valence-electron chi connectivity index (χ1n) is 3.10. The predicted molar refractivity (Wildman–Crippen MR) is 37.7 cm³/mol. The topological polar surface area (TPSA) is 51.2 Å². The van der Waals surface area contributed by atoms with Gasteiger partial charge in [0.15, 0.2) is 0 Å². The Balaban J connectivity index is 0. The molecule has 0 saturated heterocycles. The zero-order chi connectivity index (χ0) is 8.24. The van der Waals surface area contributed by atoms with Crippen LogP contribution in [0.1, 0.15) is 26.2 Å². The second-order valence-corrected chi connectivity index (χ2v) is 1.50. The standard InChI is InChI=1S/C5H8O2.C2H4O/c6-4-2-1-3-5-7;1-2-3/h4-5H,1-3H2;2H,1H3. The summed E-state index contributed by atoms with van der Waals surface area (Å²) < 4.78 is 0. The Bertz CT molecular complexity index is 80.9. The molecule has 0 atom stereocenters. The summed E-state index contributed by atoms with van der Waals surface area (Å²) in [4.78, 5) is 27.9. The summed E-state index contributed by atoms with van der Waals surface area (Å²) >= 11 is 0. The van der Waals surface area contributed by atoms with E-state index in [1.165, 1.54) is 6.92 Å². The summed E-state index contributed by atoms with van der Waals surface area (Å²) in [5, 5.41) is 0. The van der Waals surface area contributed by atoms with Gasteiger partial charge >= 0.3 is 0 Å². The van der Waals surface area contributed by atoms with Crippen molar-refractivity contribution >= 4 is 18.9 Å². The molecule has 0 aromatic carbocycles. The van der Waals surface area contributed by atoms with E-state index in [-0.39, 0.29) is 0 Å². The maximum absolute atomic E-state index is 9.56. The van der Waals surface area contributed by atoms with E-state index >= 15 is 0 Å². The Morgan fingerprint density at radius 3 is 1.50 bits per heavy atom. The van der Waals surface area contributed by atoms with Crippen LogP contribution >= 0.6 is 0 Å². The normalized spacial score (nSPS) is 6.90. The molecule has 3 nitrogen and oxygen atoms in total. The minimum absolute atomic E-state index is 0.513. The highest BCUT2D eigenvalue weighted by Gasteiger charge is 1.80. The van der Waals surface area contributed by atoms with Gasteiger partial charge in [-0.2, -0.15) is 0 Å². The summed E-state index contributed by atoms with van der Waals surface area (Å²) in [5.41, 5.74) is 0. The number of hydrogen-bond acceptors (Lipinski definition) is 3. The monoisotopic (exact) mass is 144 g/mol. The lowest BCUT2D eigenvalue weighted by Crippen LogP contribution is -1.76. The van der Waals surface area contributed by atoms with E-state index in [1.54, 1.807) is 0 Å². The predicted octanol–water partition coefficient (Wildman–Crippen LogP) is 0.760. The minimum atomic E-state index is 0.513. The van der Waals surface area contributed by atoms with Crippen LogP contribution in [0.3, 0.4) is 0 Å².